The number of carbonyl (C=O) groups is 1. The highest BCUT2D eigenvalue weighted by atomic mass is 79.9. The maximum atomic E-state index is 13.5. The quantitative estimate of drug-likeness (QED) is 0.910. The first-order valence-electron chi connectivity index (χ1n) is 4.47. The predicted octanol–water partition coefficient (Wildman–Crippen LogP) is 3.49. The first-order chi connectivity index (χ1) is 8.06. The molecule has 0 saturated carbocycles. The number of aromatic carboxylic acids is 1. The third kappa shape index (κ3) is 2.80. The number of carboxylic acids is 1. The second kappa shape index (κ2) is 4.80. The predicted molar refractivity (Wildman–Crippen MR) is 66.5 cm³/mol. The van der Waals surface area contributed by atoms with E-state index in [1.54, 1.807) is 12.1 Å². The molecule has 1 aromatic heterocycles. The number of halogens is 2. The number of carboxylic acid groups (broad SMARTS) is 1. The first kappa shape index (κ1) is 12.0. The fourth-order valence-corrected chi connectivity index (χ4v) is 2.17. The van der Waals surface area contributed by atoms with Gasteiger partial charge in [0.05, 0.1) is 5.69 Å². The Kier molecular flexibility index (Phi) is 3.39. The monoisotopic (exact) mass is 316 g/mol. The van der Waals surface area contributed by atoms with Gasteiger partial charge in [0, 0.05) is 9.85 Å². The van der Waals surface area contributed by atoms with Crippen molar-refractivity contribution in [2.24, 2.45) is 0 Å². The lowest BCUT2D eigenvalue weighted by atomic mass is 10.3. The average molecular weight is 317 g/mol. The number of aromatic nitrogens is 1. The SMILES string of the molecule is O=C(O)c1csc(Nc2ccc(Br)cc2F)n1. The topological polar surface area (TPSA) is 62.2 Å². The summed E-state index contributed by atoms with van der Waals surface area (Å²) < 4.78 is 14.1. The molecule has 0 saturated heterocycles. The fourth-order valence-electron chi connectivity index (χ4n) is 1.14. The number of nitrogens with one attached hydrogen (secondary N) is 1. The van der Waals surface area contributed by atoms with Gasteiger partial charge in [-0.05, 0) is 18.2 Å². The summed E-state index contributed by atoms with van der Waals surface area (Å²) in [6, 6.07) is 4.53. The summed E-state index contributed by atoms with van der Waals surface area (Å²) in [5.74, 6) is -1.54. The summed E-state index contributed by atoms with van der Waals surface area (Å²) in [5.41, 5.74) is 0.189. The number of hydrogen-bond donors (Lipinski definition) is 2. The molecule has 88 valence electrons. The maximum Gasteiger partial charge on any atom is 0.355 e. The van der Waals surface area contributed by atoms with Crippen molar-refractivity contribution in [1.82, 2.24) is 4.98 Å². The molecule has 0 aliphatic heterocycles. The zero-order valence-corrected chi connectivity index (χ0v) is 10.7. The highest BCUT2D eigenvalue weighted by molar-refractivity contribution is 9.10. The van der Waals surface area contributed by atoms with Crippen LogP contribution in [0.4, 0.5) is 15.2 Å². The molecule has 17 heavy (non-hydrogen) atoms. The van der Waals surface area contributed by atoms with Gasteiger partial charge in [-0.1, -0.05) is 15.9 Å². The normalized spacial score (nSPS) is 10.2. The van der Waals surface area contributed by atoms with E-state index in [0.717, 1.165) is 11.3 Å². The van der Waals surface area contributed by atoms with Crippen LogP contribution in [-0.2, 0) is 0 Å². The third-order valence-electron chi connectivity index (χ3n) is 1.90. The van der Waals surface area contributed by atoms with E-state index in [4.69, 9.17) is 5.11 Å². The largest absolute Gasteiger partial charge is 0.476 e. The van der Waals surface area contributed by atoms with Crippen LogP contribution < -0.4 is 5.32 Å². The molecule has 7 heteroatoms. The van der Waals surface area contributed by atoms with E-state index in [0.29, 0.717) is 9.60 Å². The van der Waals surface area contributed by atoms with E-state index in [2.05, 4.69) is 26.2 Å². The van der Waals surface area contributed by atoms with Crippen LogP contribution in [0.5, 0.6) is 0 Å². The summed E-state index contributed by atoms with van der Waals surface area (Å²) in [5, 5.41) is 13.1. The van der Waals surface area contributed by atoms with Crippen LogP contribution in [0.1, 0.15) is 10.5 Å². The lowest BCUT2D eigenvalue weighted by Gasteiger charge is -2.03. The van der Waals surface area contributed by atoms with Gasteiger partial charge in [0.2, 0.25) is 0 Å². The number of hydrogen-bond acceptors (Lipinski definition) is 4. The smallest absolute Gasteiger partial charge is 0.355 e. The Morgan fingerprint density at radius 2 is 2.29 bits per heavy atom. The zero-order chi connectivity index (χ0) is 12.4. The molecule has 0 radical (unpaired) electrons. The first-order valence-corrected chi connectivity index (χ1v) is 6.14. The van der Waals surface area contributed by atoms with E-state index >= 15 is 0 Å². The molecule has 0 bridgehead atoms. The van der Waals surface area contributed by atoms with Gasteiger partial charge in [0.15, 0.2) is 10.8 Å². The molecule has 0 spiro atoms. The third-order valence-corrected chi connectivity index (χ3v) is 3.15. The molecule has 1 heterocycles. The zero-order valence-electron chi connectivity index (χ0n) is 8.28. The Morgan fingerprint density at radius 3 is 2.88 bits per heavy atom. The summed E-state index contributed by atoms with van der Waals surface area (Å²) >= 11 is 4.25. The Balaban J connectivity index is 2.22. The van der Waals surface area contributed by atoms with Crippen LogP contribution in [0.3, 0.4) is 0 Å². The molecule has 2 N–H and O–H groups in total. The molecule has 0 fully saturated rings. The molecule has 0 amide bonds. The van der Waals surface area contributed by atoms with Gasteiger partial charge in [-0.25, -0.2) is 14.2 Å². The number of benzene rings is 1. The van der Waals surface area contributed by atoms with Crippen LogP contribution in [0, 0.1) is 5.82 Å². The lowest BCUT2D eigenvalue weighted by molar-refractivity contribution is 0.0691. The van der Waals surface area contributed by atoms with Crippen molar-refractivity contribution in [2.45, 2.75) is 0 Å². The molecule has 2 aromatic rings. The van der Waals surface area contributed by atoms with Crippen LogP contribution in [-0.4, -0.2) is 16.1 Å². The van der Waals surface area contributed by atoms with E-state index in [-0.39, 0.29) is 11.4 Å². The number of nitrogens with zero attached hydrogens (tertiary/aromatic N) is 1. The lowest BCUT2D eigenvalue weighted by Crippen LogP contribution is -1.98. The van der Waals surface area contributed by atoms with Crippen LogP contribution in [0.2, 0.25) is 0 Å². The number of rotatable bonds is 3. The van der Waals surface area contributed by atoms with Crippen molar-refractivity contribution in [2.75, 3.05) is 5.32 Å². The minimum absolute atomic E-state index is 0.0602. The van der Waals surface area contributed by atoms with Gasteiger partial charge in [-0.2, -0.15) is 0 Å². The Labute approximate surface area is 108 Å². The van der Waals surface area contributed by atoms with E-state index in [1.165, 1.54) is 11.4 Å². The Bertz CT molecular complexity index is 573. The number of anilines is 2. The summed E-state index contributed by atoms with van der Waals surface area (Å²) in [4.78, 5) is 14.4. The van der Waals surface area contributed by atoms with Crippen LogP contribution in [0.25, 0.3) is 0 Å². The molecule has 4 nitrogen and oxygen atoms in total. The maximum absolute atomic E-state index is 13.5. The standard InChI is InChI=1S/C10H6BrFN2O2S/c11-5-1-2-7(6(12)3-5)13-10-14-8(4-17-10)9(15)16/h1-4H,(H,13,14)(H,15,16). The fraction of sp³-hybridized carbons (Fsp3) is 0. The van der Waals surface area contributed by atoms with Crippen molar-refractivity contribution in [3.63, 3.8) is 0 Å². The molecule has 2 rings (SSSR count). The van der Waals surface area contributed by atoms with Gasteiger partial charge in [-0.15, -0.1) is 11.3 Å². The molecule has 0 unspecified atom stereocenters. The van der Waals surface area contributed by atoms with Gasteiger partial charge in [0.1, 0.15) is 5.82 Å². The highest BCUT2D eigenvalue weighted by Crippen LogP contribution is 2.25. The summed E-state index contributed by atoms with van der Waals surface area (Å²) in [6.45, 7) is 0. The van der Waals surface area contributed by atoms with Gasteiger partial charge >= 0.3 is 5.97 Å². The molecular formula is C10H6BrFN2O2S. The van der Waals surface area contributed by atoms with Crippen molar-refractivity contribution in [3.8, 4) is 0 Å². The van der Waals surface area contributed by atoms with Crippen LogP contribution in [0.15, 0.2) is 28.1 Å². The molecule has 0 aliphatic rings. The molecule has 0 atom stereocenters. The highest BCUT2D eigenvalue weighted by Gasteiger charge is 2.10. The number of thiazole rings is 1. The van der Waals surface area contributed by atoms with E-state index < -0.39 is 11.8 Å². The van der Waals surface area contributed by atoms with Crippen LogP contribution >= 0.6 is 27.3 Å². The van der Waals surface area contributed by atoms with Crippen molar-refractivity contribution < 1.29 is 14.3 Å². The second-order valence-corrected chi connectivity index (χ2v) is 4.87. The Hall–Kier alpha value is -1.47. The average Bonchev–Trinajstić information content (AvgIpc) is 2.71. The van der Waals surface area contributed by atoms with Crippen molar-refractivity contribution in [1.29, 1.82) is 0 Å². The minimum atomic E-state index is -1.11. The summed E-state index contributed by atoms with van der Waals surface area (Å²) in [7, 11) is 0. The summed E-state index contributed by atoms with van der Waals surface area (Å²) in [6.07, 6.45) is 0. The molecular weight excluding hydrogens is 311 g/mol. The van der Waals surface area contributed by atoms with Gasteiger partial charge in [-0.3, -0.25) is 0 Å². The van der Waals surface area contributed by atoms with Gasteiger partial charge in [0.25, 0.3) is 0 Å². The Morgan fingerprint density at radius 1 is 1.53 bits per heavy atom. The van der Waals surface area contributed by atoms with Gasteiger partial charge < -0.3 is 10.4 Å². The van der Waals surface area contributed by atoms with E-state index in [1.807, 2.05) is 0 Å². The molecule has 1 aromatic carbocycles. The molecule has 0 aliphatic carbocycles. The van der Waals surface area contributed by atoms with Crippen molar-refractivity contribution in [3.05, 3.63) is 39.6 Å². The van der Waals surface area contributed by atoms with Crippen molar-refractivity contribution >= 4 is 44.1 Å². The minimum Gasteiger partial charge on any atom is -0.476 e. The second-order valence-electron chi connectivity index (χ2n) is 3.09. The van der Waals surface area contributed by atoms with E-state index in [9.17, 15) is 9.18 Å².